The lowest BCUT2D eigenvalue weighted by Gasteiger charge is -2.27. The van der Waals surface area contributed by atoms with Gasteiger partial charge in [0.25, 0.3) is 0 Å². The first-order valence-corrected chi connectivity index (χ1v) is 8.11. The van der Waals surface area contributed by atoms with Crippen molar-refractivity contribution < 1.29 is 4.79 Å². The van der Waals surface area contributed by atoms with Crippen molar-refractivity contribution >= 4 is 23.1 Å². The minimum Gasteiger partial charge on any atom is -0.389 e. The average molecular weight is 304 g/mol. The molecule has 0 spiro atoms. The highest BCUT2D eigenvalue weighted by molar-refractivity contribution is 7.80. The van der Waals surface area contributed by atoms with Gasteiger partial charge in [-0.1, -0.05) is 56.2 Å². The van der Waals surface area contributed by atoms with Crippen molar-refractivity contribution in [2.24, 2.45) is 11.1 Å². The Labute approximate surface area is 132 Å². The maximum atomic E-state index is 12.1. The van der Waals surface area contributed by atoms with Crippen molar-refractivity contribution in [3.05, 3.63) is 35.4 Å². The monoisotopic (exact) mass is 304 g/mol. The van der Waals surface area contributed by atoms with E-state index in [4.69, 9.17) is 18.0 Å². The Hall–Kier alpha value is -1.42. The van der Waals surface area contributed by atoms with Gasteiger partial charge in [0, 0.05) is 12.1 Å². The van der Waals surface area contributed by atoms with Crippen molar-refractivity contribution in [3.8, 4) is 0 Å². The van der Waals surface area contributed by atoms with E-state index in [0.717, 1.165) is 24.1 Å². The van der Waals surface area contributed by atoms with Crippen molar-refractivity contribution in [2.75, 3.05) is 6.54 Å². The average Bonchev–Trinajstić information content (AvgIpc) is 2.95. The highest BCUT2D eigenvalue weighted by Crippen LogP contribution is 2.40. The summed E-state index contributed by atoms with van der Waals surface area (Å²) in [5.41, 5.74) is 7.73. The normalized spacial score (nSPS) is 16.6. The van der Waals surface area contributed by atoms with E-state index < -0.39 is 0 Å². The molecule has 2 rings (SSSR count). The summed E-state index contributed by atoms with van der Waals surface area (Å²) in [6, 6.07) is 7.57. The van der Waals surface area contributed by atoms with Crippen LogP contribution in [0.5, 0.6) is 0 Å². The number of carbonyl (C=O) groups excluding carboxylic acids is 1. The van der Waals surface area contributed by atoms with E-state index in [1.807, 2.05) is 24.3 Å². The fourth-order valence-corrected chi connectivity index (χ4v) is 3.24. The number of nitrogens with two attached hydrogens (primary N) is 1. The van der Waals surface area contributed by atoms with Gasteiger partial charge in [0.2, 0.25) is 5.91 Å². The third-order valence-electron chi connectivity index (χ3n) is 4.68. The molecule has 0 radical (unpaired) electrons. The van der Waals surface area contributed by atoms with Gasteiger partial charge in [-0.2, -0.15) is 0 Å². The number of amides is 1. The lowest BCUT2D eigenvalue weighted by atomic mass is 9.83. The molecule has 4 heteroatoms. The minimum atomic E-state index is 0.0952. The summed E-state index contributed by atoms with van der Waals surface area (Å²) in [6.07, 6.45) is 6.64. The van der Waals surface area contributed by atoms with Crippen LogP contribution in [-0.2, 0) is 11.2 Å². The van der Waals surface area contributed by atoms with Crippen LogP contribution >= 0.6 is 12.2 Å². The molecule has 1 aromatic carbocycles. The van der Waals surface area contributed by atoms with Crippen LogP contribution in [0.4, 0.5) is 0 Å². The van der Waals surface area contributed by atoms with Crippen molar-refractivity contribution in [3.63, 3.8) is 0 Å². The van der Waals surface area contributed by atoms with Crippen LogP contribution < -0.4 is 11.1 Å². The van der Waals surface area contributed by atoms with Gasteiger partial charge >= 0.3 is 0 Å². The van der Waals surface area contributed by atoms with Gasteiger partial charge < -0.3 is 11.1 Å². The summed E-state index contributed by atoms with van der Waals surface area (Å²) in [7, 11) is 0. The zero-order valence-electron chi connectivity index (χ0n) is 12.7. The molecule has 1 aliphatic carbocycles. The van der Waals surface area contributed by atoms with Gasteiger partial charge in [-0.3, -0.25) is 4.79 Å². The quantitative estimate of drug-likeness (QED) is 0.795. The molecule has 114 valence electrons. The number of nitrogens with one attached hydrogen (secondary N) is 1. The lowest BCUT2D eigenvalue weighted by Crippen LogP contribution is -2.36. The highest BCUT2D eigenvalue weighted by atomic mass is 32.1. The van der Waals surface area contributed by atoms with Crippen LogP contribution in [0.1, 0.15) is 50.2 Å². The van der Waals surface area contributed by atoms with E-state index in [2.05, 4.69) is 12.2 Å². The van der Waals surface area contributed by atoms with E-state index in [1.165, 1.54) is 25.7 Å². The van der Waals surface area contributed by atoms with E-state index in [-0.39, 0.29) is 5.91 Å². The molecule has 0 aliphatic heterocycles. The summed E-state index contributed by atoms with van der Waals surface area (Å²) in [6.45, 7) is 3.04. The van der Waals surface area contributed by atoms with Crippen LogP contribution in [0.15, 0.2) is 24.3 Å². The Morgan fingerprint density at radius 3 is 2.43 bits per heavy atom. The number of rotatable bonds is 6. The van der Waals surface area contributed by atoms with Crippen LogP contribution in [-0.4, -0.2) is 17.4 Å². The molecule has 0 atom stereocenters. The Balaban J connectivity index is 1.85. The molecule has 1 amide bonds. The van der Waals surface area contributed by atoms with Crippen LogP contribution in [0, 0.1) is 5.41 Å². The second-order valence-electron chi connectivity index (χ2n) is 6.08. The molecule has 0 bridgehead atoms. The molecule has 1 aliphatic rings. The standard InChI is InChI=1S/C17H24N2OS/c1-2-17(9-3-4-10-17)12-19-15(20)11-13-5-7-14(8-6-13)16(18)21/h5-8H,2-4,9-12H2,1H3,(H2,18,21)(H,19,20). The second kappa shape index (κ2) is 7.03. The summed E-state index contributed by atoms with van der Waals surface area (Å²) in [4.78, 5) is 12.5. The molecule has 3 N–H and O–H groups in total. The summed E-state index contributed by atoms with van der Waals surface area (Å²) < 4.78 is 0. The molecular weight excluding hydrogens is 280 g/mol. The van der Waals surface area contributed by atoms with Crippen LogP contribution in [0.2, 0.25) is 0 Å². The molecule has 0 unspecified atom stereocenters. The topological polar surface area (TPSA) is 55.1 Å². The van der Waals surface area contributed by atoms with Crippen molar-refractivity contribution in [1.29, 1.82) is 0 Å². The first kappa shape index (κ1) is 16.0. The van der Waals surface area contributed by atoms with Gasteiger partial charge in [0.15, 0.2) is 0 Å². The SMILES string of the molecule is CCC1(CNC(=O)Cc2ccc(C(N)=S)cc2)CCCC1. The number of hydrogen-bond acceptors (Lipinski definition) is 2. The summed E-state index contributed by atoms with van der Waals surface area (Å²) >= 11 is 4.92. The predicted octanol–water partition coefficient (Wildman–Crippen LogP) is 2.95. The number of carbonyl (C=O) groups is 1. The molecule has 0 aromatic heterocycles. The first-order chi connectivity index (χ1) is 10.0. The fraction of sp³-hybridized carbons (Fsp3) is 0.529. The molecule has 3 nitrogen and oxygen atoms in total. The zero-order valence-corrected chi connectivity index (χ0v) is 13.5. The molecule has 1 saturated carbocycles. The number of thiocarbonyl (C=S) groups is 1. The molecule has 1 aromatic rings. The van der Waals surface area contributed by atoms with Crippen molar-refractivity contribution in [1.82, 2.24) is 5.32 Å². The van der Waals surface area contributed by atoms with Crippen molar-refractivity contribution in [2.45, 2.75) is 45.4 Å². The molecule has 0 saturated heterocycles. The van der Waals surface area contributed by atoms with Gasteiger partial charge in [0.05, 0.1) is 6.42 Å². The number of hydrogen-bond donors (Lipinski definition) is 2. The minimum absolute atomic E-state index is 0.0952. The summed E-state index contributed by atoms with van der Waals surface area (Å²) in [5, 5.41) is 3.11. The lowest BCUT2D eigenvalue weighted by molar-refractivity contribution is -0.121. The van der Waals surface area contributed by atoms with Crippen LogP contribution in [0.25, 0.3) is 0 Å². The van der Waals surface area contributed by atoms with E-state index in [0.29, 0.717) is 16.8 Å². The predicted molar refractivity (Wildman–Crippen MR) is 90.2 cm³/mol. The Kier molecular flexibility index (Phi) is 5.34. The van der Waals surface area contributed by atoms with E-state index >= 15 is 0 Å². The van der Waals surface area contributed by atoms with E-state index in [1.54, 1.807) is 0 Å². The summed E-state index contributed by atoms with van der Waals surface area (Å²) in [5.74, 6) is 0.0952. The van der Waals surface area contributed by atoms with E-state index in [9.17, 15) is 4.79 Å². The van der Waals surface area contributed by atoms with Crippen LogP contribution in [0.3, 0.4) is 0 Å². The fourth-order valence-electron chi connectivity index (χ4n) is 3.10. The molecular formula is C17H24N2OS. The molecule has 21 heavy (non-hydrogen) atoms. The second-order valence-corrected chi connectivity index (χ2v) is 6.52. The Morgan fingerprint density at radius 1 is 1.29 bits per heavy atom. The third kappa shape index (κ3) is 4.27. The van der Waals surface area contributed by atoms with Gasteiger partial charge in [-0.15, -0.1) is 0 Å². The van der Waals surface area contributed by atoms with Gasteiger partial charge in [-0.25, -0.2) is 0 Å². The molecule has 0 heterocycles. The third-order valence-corrected chi connectivity index (χ3v) is 4.91. The zero-order chi connectivity index (χ0) is 15.3. The Morgan fingerprint density at radius 2 is 1.90 bits per heavy atom. The number of benzene rings is 1. The largest absolute Gasteiger partial charge is 0.389 e. The Bertz CT molecular complexity index is 504. The van der Waals surface area contributed by atoms with Gasteiger partial charge in [0.1, 0.15) is 4.99 Å². The molecule has 1 fully saturated rings. The maximum absolute atomic E-state index is 12.1. The smallest absolute Gasteiger partial charge is 0.224 e. The van der Waals surface area contributed by atoms with Gasteiger partial charge in [-0.05, 0) is 30.2 Å². The first-order valence-electron chi connectivity index (χ1n) is 7.70. The highest BCUT2D eigenvalue weighted by Gasteiger charge is 2.32. The maximum Gasteiger partial charge on any atom is 0.224 e.